The Balaban J connectivity index is 1.10. The van der Waals surface area contributed by atoms with E-state index in [0.29, 0.717) is 41.8 Å². The van der Waals surface area contributed by atoms with Crippen LogP contribution in [0.1, 0.15) is 25.7 Å². The molecule has 5 rings (SSSR count). The van der Waals surface area contributed by atoms with Gasteiger partial charge in [-0.15, -0.1) is 0 Å². The minimum absolute atomic E-state index is 0.472. The van der Waals surface area contributed by atoms with Gasteiger partial charge < -0.3 is 9.47 Å². The highest BCUT2D eigenvalue weighted by Gasteiger charge is 2.53. The summed E-state index contributed by atoms with van der Waals surface area (Å²) in [4.78, 5) is 5.14. The van der Waals surface area contributed by atoms with Crippen LogP contribution in [0.5, 0.6) is 11.5 Å². The summed E-state index contributed by atoms with van der Waals surface area (Å²) in [5.74, 6) is 2.75. The first kappa shape index (κ1) is 29.9. The summed E-state index contributed by atoms with van der Waals surface area (Å²) in [6.45, 7) is 7.29. The highest BCUT2D eigenvalue weighted by atomic mass is 32.2. The number of hydrogen-bond acceptors (Lipinski definition) is 8. The number of nitrogens with zero attached hydrogens (tertiary/aromatic N) is 2. The number of hydrogen-bond donors (Lipinski definition) is 2. The predicted octanol–water partition coefficient (Wildman–Crippen LogP) is 3.31. The molecule has 2 aliphatic heterocycles. The van der Waals surface area contributed by atoms with E-state index in [4.69, 9.17) is 9.47 Å². The number of rotatable bonds is 12. The molecule has 1 spiro atoms. The van der Waals surface area contributed by atoms with Crippen molar-refractivity contribution in [2.75, 3.05) is 74.4 Å². The molecule has 0 radical (unpaired) electrons. The molecular formula is C29H42N4O6S2. The van der Waals surface area contributed by atoms with Crippen molar-refractivity contribution in [1.82, 2.24) is 9.80 Å². The maximum Gasteiger partial charge on any atom is 0.229 e. The lowest BCUT2D eigenvalue weighted by Gasteiger charge is -2.57. The molecule has 2 aromatic carbocycles. The van der Waals surface area contributed by atoms with Crippen molar-refractivity contribution in [2.45, 2.75) is 25.7 Å². The zero-order valence-electron chi connectivity index (χ0n) is 23.9. The summed E-state index contributed by atoms with van der Waals surface area (Å²) in [6, 6.07) is 14.1. The van der Waals surface area contributed by atoms with E-state index in [9.17, 15) is 16.8 Å². The van der Waals surface area contributed by atoms with Gasteiger partial charge in [-0.3, -0.25) is 19.2 Å². The lowest BCUT2D eigenvalue weighted by atomic mass is 9.60. The van der Waals surface area contributed by atoms with Crippen molar-refractivity contribution in [3.05, 3.63) is 48.5 Å². The first-order chi connectivity index (χ1) is 19.5. The van der Waals surface area contributed by atoms with Crippen molar-refractivity contribution in [1.29, 1.82) is 0 Å². The Kier molecular flexibility index (Phi) is 9.03. The molecule has 3 aliphatic rings. The molecule has 2 heterocycles. The van der Waals surface area contributed by atoms with Crippen LogP contribution in [0.4, 0.5) is 11.4 Å². The van der Waals surface area contributed by atoms with Gasteiger partial charge in [0.25, 0.3) is 0 Å². The van der Waals surface area contributed by atoms with Crippen LogP contribution in [-0.2, 0) is 20.0 Å². The number of benzene rings is 2. The third-order valence-corrected chi connectivity index (χ3v) is 9.96. The molecule has 12 heteroatoms. The molecule has 10 nitrogen and oxygen atoms in total. The van der Waals surface area contributed by atoms with Gasteiger partial charge >= 0.3 is 0 Å². The van der Waals surface area contributed by atoms with Crippen LogP contribution >= 0.6 is 0 Å². The van der Waals surface area contributed by atoms with Gasteiger partial charge in [0.1, 0.15) is 24.7 Å². The second-order valence-electron chi connectivity index (χ2n) is 11.8. The fourth-order valence-corrected chi connectivity index (χ4v) is 8.17. The van der Waals surface area contributed by atoms with E-state index >= 15 is 0 Å². The summed E-state index contributed by atoms with van der Waals surface area (Å²) in [6.07, 6.45) is 7.65. The third kappa shape index (κ3) is 8.06. The van der Waals surface area contributed by atoms with E-state index < -0.39 is 20.0 Å². The Bertz CT molecular complexity index is 1260. The van der Waals surface area contributed by atoms with Gasteiger partial charge in [-0.25, -0.2) is 16.8 Å². The van der Waals surface area contributed by atoms with Crippen LogP contribution in [-0.4, -0.2) is 91.6 Å². The molecule has 0 unspecified atom stereocenters. The normalized spacial score (nSPS) is 22.9. The number of likely N-dealkylation sites (tertiary alicyclic amines) is 2. The van der Waals surface area contributed by atoms with Gasteiger partial charge in [0.15, 0.2) is 0 Å². The molecule has 41 heavy (non-hydrogen) atoms. The van der Waals surface area contributed by atoms with Crippen LogP contribution in [0.25, 0.3) is 0 Å². The van der Waals surface area contributed by atoms with E-state index in [-0.39, 0.29) is 0 Å². The van der Waals surface area contributed by atoms with E-state index in [1.807, 2.05) is 0 Å². The first-order valence-corrected chi connectivity index (χ1v) is 18.1. The van der Waals surface area contributed by atoms with Gasteiger partial charge in [-0.05, 0) is 78.6 Å². The molecule has 1 saturated carbocycles. The number of nitrogens with one attached hydrogen (secondary N) is 2. The first-order valence-electron chi connectivity index (χ1n) is 14.3. The molecule has 2 aromatic rings. The fourth-order valence-electron chi connectivity index (χ4n) is 7.04. The minimum atomic E-state index is -3.29. The third-order valence-electron chi connectivity index (χ3n) is 8.74. The Labute approximate surface area is 244 Å². The Morgan fingerprint density at radius 3 is 1.39 bits per heavy atom. The Morgan fingerprint density at radius 2 is 1.05 bits per heavy atom. The van der Waals surface area contributed by atoms with Crippen LogP contribution in [0.15, 0.2) is 48.5 Å². The van der Waals surface area contributed by atoms with E-state index in [0.717, 1.165) is 63.3 Å². The number of sulfonamides is 2. The van der Waals surface area contributed by atoms with Gasteiger partial charge in [-0.1, -0.05) is 12.8 Å². The molecule has 2 bridgehead atoms. The van der Waals surface area contributed by atoms with E-state index in [2.05, 4.69) is 19.2 Å². The molecule has 0 aromatic heterocycles. The Morgan fingerprint density at radius 1 is 0.683 bits per heavy atom. The van der Waals surface area contributed by atoms with Crippen LogP contribution in [0, 0.1) is 17.3 Å². The lowest BCUT2D eigenvalue weighted by molar-refractivity contribution is -0.0917. The molecule has 226 valence electrons. The average molecular weight is 607 g/mol. The highest BCUT2D eigenvalue weighted by molar-refractivity contribution is 7.92. The van der Waals surface area contributed by atoms with E-state index in [1.54, 1.807) is 48.5 Å². The van der Waals surface area contributed by atoms with Gasteiger partial charge in [-0.2, -0.15) is 0 Å². The largest absolute Gasteiger partial charge is 0.492 e. The molecule has 2 saturated heterocycles. The average Bonchev–Trinajstić information content (AvgIpc) is 3.35. The van der Waals surface area contributed by atoms with Crippen molar-refractivity contribution in [2.24, 2.45) is 17.3 Å². The maximum atomic E-state index is 11.4. The summed E-state index contributed by atoms with van der Waals surface area (Å²) in [7, 11) is -6.59. The van der Waals surface area contributed by atoms with Crippen molar-refractivity contribution in [3.8, 4) is 11.5 Å². The van der Waals surface area contributed by atoms with Crippen LogP contribution in [0.2, 0.25) is 0 Å². The second kappa shape index (κ2) is 12.4. The standard InChI is InChI=1S/C29H42N4O6S2/c1-40(34,35)30-25-5-9-27(10-6-25)38-17-15-32-19-23-21-33(22-24(20-32)29(23)13-3-4-14-29)16-18-39-28-11-7-26(8-12-28)31-41(2,36)37/h5-12,23-24,30-31H,3-4,13-22H2,1-2H3. The number of piperidine rings is 2. The van der Waals surface area contributed by atoms with E-state index in [1.165, 1.54) is 25.7 Å². The zero-order valence-corrected chi connectivity index (χ0v) is 25.6. The SMILES string of the molecule is CS(=O)(=O)Nc1ccc(OCCN2CC3CN(CCOc4ccc(NS(C)(=O)=O)cc4)CC(C2)C32CCCC2)cc1. The smallest absolute Gasteiger partial charge is 0.229 e. The summed E-state index contributed by atoms with van der Waals surface area (Å²) >= 11 is 0. The second-order valence-corrected chi connectivity index (χ2v) is 15.3. The summed E-state index contributed by atoms with van der Waals surface area (Å²) in [5.41, 5.74) is 1.53. The van der Waals surface area contributed by atoms with Crippen LogP contribution in [0.3, 0.4) is 0 Å². The highest BCUT2D eigenvalue weighted by Crippen LogP contribution is 2.55. The van der Waals surface area contributed by atoms with Crippen molar-refractivity contribution < 1.29 is 26.3 Å². The minimum Gasteiger partial charge on any atom is -0.492 e. The fraction of sp³-hybridized carbons (Fsp3) is 0.586. The molecule has 2 N–H and O–H groups in total. The van der Waals surface area contributed by atoms with Gasteiger partial charge in [0.05, 0.1) is 12.5 Å². The van der Waals surface area contributed by atoms with Gasteiger partial charge in [0.2, 0.25) is 20.0 Å². The number of ether oxygens (including phenoxy) is 2. The lowest BCUT2D eigenvalue weighted by Crippen LogP contribution is -2.63. The monoisotopic (exact) mass is 606 g/mol. The molecular weight excluding hydrogens is 564 g/mol. The summed E-state index contributed by atoms with van der Waals surface area (Å²) < 4.78 is 62.6. The molecule has 3 fully saturated rings. The Hall–Kier alpha value is -2.54. The molecule has 0 amide bonds. The maximum absolute atomic E-state index is 11.4. The summed E-state index contributed by atoms with van der Waals surface area (Å²) in [5, 5.41) is 0. The molecule has 0 atom stereocenters. The molecule has 1 aliphatic carbocycles. The topological polar surface area (TPSA) is 117 Å². The van der Waals surface area contributed by atoms with Crippen molar-refractivity contribution in [3.63, 3.8) is 0 Å². The zero-order chi connectivity index (χ0) is 29.1. The number of anilines is 2. The quantitative estimate of drug-likeness (QED) is 0.378. The van der Waals surface area contributed by atoms with Gasteiger partial charge in [0, 0.05) is 50.6 Å². The predicted molar refractivity (Wildman–Crippen MR) is 162 cm³/mol. The van der Waals surface area contributed by atoms with Crippen molar-refractivity contribution >= 4 is 31.4 Å². The van der Waals surface area contributed by atoms with Crippen LogP contribution < -0.4 is 18.9 Å².